The summed E-state index contributed by atoms with van der Waals surface area (Å²) < 4.78 is 0.862. The Balaban J connectivity index is 2.21. The molecule has 11 heteroatoms. The van der Waals surface area contributed by atoms with Gasteiger partial charge in [-0.25, -0.2) is 19.1 Å². The predicted octanol–water partition coefficient (Wildman–Crippen LogP) is 0.320. The summed E-state index contributed by atoms with van der Waals surface area (Å²) >= 11 is 5.95. The maximum Gasteiger partial charge on any atom is 0.335 e. The van der Waals surface area contributed by atoms with E-state index in [-0.39, 0.29) is 16.9 Å². The molecular weight excluding hydrogens is 378 g/mol. The van der Waals surface area contributed by atoms with Crippen LogP contribution in [0, 0.1) is 6.92 Å². The number of aromatic nitrogens is 4. The van der Waals surface area contributed by atoms with Crippen molar-refractivity contribution in [3.63, 3.8) is 0 Å². The van der Waals surface area contributed by atoms with Crippen LogP contribution in [0.4, 0.5) is 5.69 Å². The third-order valence-electron chi connectivity index (χ3n) is 3.67. The number of aromatic hydroxyl groups is 1. The maximum absolute atomic E-state index is 12.2. The molecule has 0 radical (unpaired) electrons. The fourth-order valence-corrected chi connectivity index (χ4v) is 2.50. The molecule has 138 valence electrons. The highest BCUT2D eigenvalue weighted by Crippen LogP contribution is 2.22. The Morgan fingerprint density at radius 3 is 2.59 bits per heavy atom. The smallest absolute Gasteiger partial charge is 0.335 e. The number of nitrogens with zero attached hydrogens (tertiary/aromatic N) is 2. The Labute approximate surface area is 154 Å². The van der Waals surface area contributed by atoms with Crippen LogP contribution >= 0.6 is 11.6 Å². The molecule has 2 heterocycles. The van der Waals surface area contributed by atoms with Gasteiger partial charge >= 0.3 is 11.4 Å². The maximum atomic E-state index is 12.2. The molecule has 1 aromatic carbocycles. The third-order valence-corrected chi connectivity index (χ3v) is 3.90. The van der Waals surface area contributed by atoms with Crippen LogP contribution in [0.1, 0.15) is 11.1 Å². The summed E-state index contributed by atoms with van der Waals surface area (Å²) in [5.74, 6) is -0.682. The monoisotopic (exact) mass is 389 g/mol. The molecule has 0 aliphatic heterocycles. The fourth-order valence-electron chi connectivity index (χ4n) is 2.33. The highest BCUT2D eigenvalue weighted by molar-refractivity contribution is 6.30. The van der Waals surface area contributed by atoms with Gasteiger partial charge in [0, 0.05) is 17.4 Å². The SMILES string of the molecule is Cc1ccc(Cl)cc1-n1c(O)c(C=Nc2c[nH]c(=O)[nH]c2=O)c(=O)[nH]c1=O. The zero-order valence-electron chi connectivity index (χ0n) is 13.7. The second-order valence-corrected chi connectivity index (χ2v) is 5.91. The van der Waals surface area contributed by atoms with Crippen LogP contribution in [0.15, 0.2) is 48.6 Å². The average Bonchev–Trinajstić information content (AvgIpc) is 2.59. The quantitative estimate of drug-likeness (QED) is 0.475. The minimum absolute atomic E-state index is 0.204. The van der Waals surface area contributed by atoms with Gasteiger partial charge in [0.05, 0.1) is 5.69 Å². The van der Waals surface area contributed by atoms with E-state index >= 15 is 0 Å². The first-order valence-corrected chi connectivity index (χ1v) is 7.86. The molecule has 10 nitrogen and oxygen atoms in total. The Bertz CT molecular complexity index is 1300. The first-order chi connectivity index (χ1) is 12.8. The van der Waals surface area contributed by atoms with Crippen molar-refractivity contribution in [1.29, 1.82) is 0 Å². The van der Waals surface area contributed by atoms with Gasteiger partial charge in [-0.2, -0.15) is 0 Å². The number of halogens is 1. The molecule has 0 unspecified atom stereocenters. The fraction of sp³-hybridized carbons (Fsp3) is 0.0625. The molecular formula is C16H12ClN5O5. The number of hydrogen-bond donors (Lipinski definition) is 4. The zero-order chi connectivity index (χ0) is 19.7. The van der Waals surface area contributed by atoms with E-state index in [1.807, 2.05) is 4.98 Å². The lowest BCUT2D eigenvalue weighted by atomic mass is 10.2. The number of benzene rings is 1. The minimum atomic E-state index is -0.905. The zero-order valence-corrected chi connectivity index (χ0v) is 14.5. The summed E-state index contributed by atoms with van der Waals surface area (Å²) in [5.41, 5.74) is -2.97. The van der Waals surface area contributed by atoms with Crippen LogP contribution < -0.4 is 22.5 Å². The molecule has 3 rings (SSSR count). The minimum Gasteiger partial charge on any atom is -0.493 e. The van der Waals surface area contributed by atoms with E-state index in [0.717, 1.165) is 17.0 Å². The number of H-pyrrole nitrogens is 3. The first-order valence-electron chi connectivity index (χ1n) is 7.49. The Morgan fingerprint density at radius 1 is 1.15 bits per heavy atom. The lowest BCUT2D eigenvalue weighted by Crippen LogP contribution is -2.31. The van der Waals surface area contributed by atoms with Gasteiger partial charge in [0.25, 0.3) is 11.1 Å². The Morgan fingerprint density at radius 2 is 1.89 bits per heavy atom. The number of aryl methyl sites for hydroxylation is 1. The van der Waals surface area contributed by atoms with E-state index in [9.17, 15) is 24.3 Å². The van der Waals surface area contributed by atoms with Gasteiger partial charge < -0.3 is 10.1 Å². The summed E-state index contributed by atoms with van der Waals surface area (Å²) in [5, 5.41) is 10.8. The van der Waals surface area contributed by atoms with Crippen molar-refractivity contribution in [3.05, 3.63) is 82.2 Å². The third kappa shape index (κ3) is 3.51. The molecule has 0 spiro atoms. The molecule has 0 fully saturated rings. The molecule has 0 saturated heterocycles. The molecule has 27 heavy (non-hydrogen) atoms. The van der Waals surface area contributed by atoms with Gasteiger partial charge in [-0.1, -0.05) is 17.7 Å². The Hall–Kier alpha value is -3.66. The van der Waals surface area contributed by atoms with Crippen molar-refractivity contribution in [2.24, 2.45) is 4.99 Å². The molecule has 4 N–H and O–H groups in total. The van der Waals surface area contributed by atoms with E-state index in [1.54, 1.807) is 19.1 Å². The molecule has 0 aliphatic rings. The van der Waals surface area contributed by atoms with Gasteiger partial charge in [0.15, 0.2) is 0 Å². The average molecular weight is 390 g/mol. The number of aliphatic imine (C=N–C) groups is 1. The van der Waals surface area contributed by atoms with Crippen molar-refractivity contribution in [1.82, 2.24) is 19.5 Å². The van der Waals surface area contributed by atoms with Crippen LogP contribution in [-0.2, 0) is 0 Å². The summed E-state index contributed by atoms with van der Waals surface area (Å²) in [7, 11) is 0. The number of rotatable bonds is 3. The predicted molar refractivity (Wildman–Crippen MR) is 99.0 cm³/mol. The van der Waals surface area contributed by atoms with E-state index in [2.05, 4.69) is 15.0 Å². The lowest BCUT2D eigenvalue weighted by molar-refractivity contribution is 0.430. The second kappa shape index (κ2) is 6.92. The van der Waals surface area contributed by atoms with Gasteiger partial charge in [0.2, 0.25) is 5.88 Å². The molecule has 0 amide bonds. The van der Waals surface area contributed by atoms with Crippen molar-refractivity contribution in [2.75, 3.05) is 0 Å². The topological polar surface area (TPSA) is 153 Å². The van der Waals surface area contributed by atoms with E-state index in [1.165, 1.54) is 6.07 Å². The Kier molecular flexibility index (Phi) is 4.65. The van der Waals surface area contributed by atoms with Crippen molar-refractivity contribution < 1.29 is 5.11 Å². The van der Waals surface area contributed by atoms with Crippen LogP contribution in [0.2, 0.25) is 5.02 Å². The van der Waals surface area contributed by atoms with Gasteiger partial charge in [0.1, 0.15) is 11.3 Å². The standard InChI is InChI=1S/C16H12ClN5O5/c1-7-2-3-8(17)4-11(7)22-14(25)9(12(23)21-16(22)27)5-18-10-6-19-15(26)20-13(10)24/h2-6,25H,1H3,(H,21,23,27)(H2,19,20,24,26). The molecule has 0 saturated carbocycles. The normalized spacial score (nSPS) is 11.2. The van der Waals surface area contributed by atoms with Crippen molar-refractivity contribution in [2.45, 2.75) is 6.92 Å². The van der Waals surface area contributed by atoms with Crippen LogP contribution in [0.25, 0.3) is 5.69 Å². The number of nitrogens with one attached hydrogen (secondary N) is 3. The summed E-state index contributed by atoms with van der Waals surface area (Å²) in [6, 6.07) is 4.70. The summed E-state index contributed by atoms with van der Waals surface area (Å²) in [4.78, 5) is 57.0. The molecule has 0 aliphatic carbocycles. The molecule has 3 aromatic rings. The number of hydrogen-bond acceptors (Lipinski definition) is 6. The second-order valence-electron chi connectivity index (χ2n) is 5.48. The lowest BCUT2D eigenvalue weighted by Gasteiger charge is -2.12. The van der Waals surface area contributed by atoms with E-state index in [4.69, 9.17) is 11.6 Å². The first kappa shape index (κ1) is 18.1. The number of aromatic amines is 3. The van der Waals surface area contributed by atoms with Gasteiger partial charge in [-0.05, 0) is 24.6 Å². The highest BCUT2D eigenvalue weighted by atomic mass is 35.5. The van der Waals surface area contributed by atoms with E-state index < -0.39 is 28.4 Å². The van der Waals surface area contributed by atoms with Gasteiger partial charge in [-0.3, -0.25) is 19.6 Å². The van der Waals surface area contributed by atoms with Gasteiger partial charge in [-0.15, -0.1) is 0 Å². The van der Waals surface area contributed by atoms with Crippen LogP contribution in [0.3, 0.4) is 0 Å². The van der Waals surface area contributed by atoms with Crippen LogP contribution in [-0.4, -0.2) is 30.8 Å². The molecule has 2 aromatic heterocycles. The van der Waals surface area contributed by atoms with Crippen molar-refractivity contribution >= 4 is 23.5 Å². The molecule has 0 atom stereocenters. The van der Waals surface area contributed by atoms with E-state index in [0.29, 0.717) is 10.6 Å². The molecule has 0 bridgehead atoms. The highest BCUT2D eigenvalue weighted by Gasteiger charge is 2.16. The summed E-state index contributed by atoms with van der Waals surface area (Å²) in [6.07, 6.45) is 1.95. The van der Waals surface area contributed by atoms with Crippen molar-refractivity contribution in [3.8, 4) is 11.6 Å². The van der Waals surface area contributed by atoms with Crippen LogP contribution in [0.5, 0.6) is 5.88 Å². The summed E-state index contributed by atoms with van der Waals surface area (Å²) in [6.45, 7) is 1.69. The largest absolute Gasteiger partial charge is 0.493 e.